The Morgan fingerprint density at radius 2 is 1.92 bits per heavy atom. The topological polar surface area (TPSA) is 95.2 Å². The van der Waals surface area contributed by atoms with Gasteiger partial charge in [0, 0.05) is 0 Å². The highest BCUT2D eigenvalue weighted by atomic mass is 32.2. The molecular formula is C7H11NO4S. The second kappa shape index (κ2) is 3.34. The molecule has 0 saturated carbocycles. The molecule has 0 radical (unpaired) electrons. The van der Waals surface area contributed by atoms with E-state index >= 15 is 0 Å². The van der Waals surface area contributed by atoms with E-state index in [1.165, 1.54) is 13.0 Å². The van der Waals surface area contributed by atoms with Crippen molar-refractivity contribution in [3.8, 4) is 6.07 Å². The van der Waals surface area contributed by atoms with Gasteiger partial charge < -0.3 is 5.11 Å². The second-order valence-electron chi connectivity index (χ2n) is 3.13. The van der Waals surface area contributed by atoms with Crippen LogP contribution in [0.1, 0.15) is 20.8 Å². The van der Waals surface area contributed by atoms with Crippen molar-refractivity contribution in [3.63, 3.8) is 0 Å². The van der Waals surface area contributed by atoms with Crippen molar-refractivity contribution < 1.29 is 18.3 Å². The molecular weight excluding hydrogens is 194 g/mol. The molecule has 6 heteroatoms. The summed E-state index contributed by atoms with van der Waals surface area (Å²) in [5.74, 6) is -1.45. The molecule has 74 valence electrons. The van der Waals surface area contributed by atoms with Crippen molar-refractivity contribution in [3.05, 3.63) is 0 Å². The average Bonchev–Trinajstić information content (AvgIpc) is 2.02. The third-order valence-corrected chi connectivity index (χ3v) is 4.51. The van der Waals surface area contributed by atoms with Gasteiger partial charge in [-0.15, -0.1) is 0 Å². The minimum atomic E-state index is -3.95. The maximum absolute atomic E-state index is 11.4. The summed E-state index contributed by atoms with van der Waals surface area (Å²) in [7, 11) is -3.95. The molecule has 0 fully saturated rings. The SMILES string of the molecule is CC(C#N)S(=O)(=O)C(C)(C)C(=O)O. The smallest absolute Gasteiger partial charge is 0.324 e. The van der Waals surface area contributed by atoms with Crippen LogP contribution in [0.2, 0.25) is 0 Å². The summed E-state index contributed by atoms with van der Waals surface area (Å²) in [6.07, 6.45) is 0. The van der Waals surface area contributed by atoms with Crippen molar-refractivity contribution in [2.75, 3.05) is 0 Å². The Labute approximate surface area is 76.9 Å². The van der Waals surface area contributed by atoms with E-state index in [-0.39, 0.29) is 0 Å². The van der Waals surface area contributed by atoms with Gasteiger partial charge in [0.1, 0.15) is 5.25 Å². The van der Waals surface area contributed by atoms with Gasteiger partial charge in [-0.3, -0.25) is 4.79 Å². The molecule has 0 aliphatic heterocycles. The predicted molar refractivity (Wildman–Crippen MR) is 45.7 cm³/mol. The number of carboxylic acid groups (broad SMARTS) is 1. The zero-order valence-corrected chi connectivity index (χ0v) is 8.42. The molecule has 0 rings (SSSR count). The zero-order chi connectivity index (χ0) is 10.9. The van der Waals surface area contributed by atoms with E-state index in [4.69, 9.17) is 10.4 Å². The summed E-state index contributed by atoms with van der Waals surface area (Å²) < 4.78 is 20.9. The van der Waals surface area contributed by atoms with Gasteiger partial charge in [0.15, 0.2) is 14.6 Å². The van der Waals surface area contributed by atoms with Crippen LogP contribution >= 0.6 is 0 Å². The fourth-order valence-electron chi connectivity index (χ4n) is 0.633. The predicted octanol–water partition coefficient (Wildman–Crippen LogP) is 0.176. The lowest BCUT2D eigenvalue weighted by atomic mass is 10.2. The van der Waals surface area contributed by atoms with Crippen molar-refractivity contribution in [2.24, 2.45) is 0 Å². The molecule has 0 amide bonds. The van der Waals surface area contributed by atoms with Crippen LogP contribution in [0.25, 0.3) is 0 Å². The molecule has 0 aromatic rings. The number of aliphatic carboxylic acids is 1. The van der Waals surface area contributed by atoms with Crippen LogP contribution in [0.5, 0.6) is 0 Å². The van der Waals surface area contributed by atoms with Crippen LogP contribution < -0.4 is 0 Å². The molecule has 0 aliphatic rings. The van der Waals surface area contributed by atoms with Crippen LogP contribution in [0, 0.1) is 11.3 Å². The monoisotopic (exact) mass is 205 g/mol. The number of carbonyl (C=O) groups is 1. The molecule has 0 saturated heterocycles. The van der Waals surface area contributed by atoms with Gasteiger partial charge in [-0.25, -0.2) is 8.42 Å². The number of hydrogen-bond donors (Lipinski definition) is 1. The molecule has 0 aromatic carbocycles. The molecule has 0 heterocycles. The van der Waals surface area contributed by atoms with Gasteiger partial charge in [0.05, 0.1) is 6.07 Å². The molecule has 0 aliphatic carbocycles. The minimum Gasteiger partial charge on any atom is -0.480 e. The van der Waals surface area contributed by atoms with E-state index in [0.717, 1.165) is 13.8 Å². The number of sulfone groups is 1. The Morgan fingerprint density at radius 3 is 2.15 bits per heavy atom. The second-order valence-corrected chi connectivity index (χ2v) is 5.95. The first-order valence-corrected chi connectivity index (χ1v) is 5.09. The number of carboxylic acids is 1. The summed E-state index contributed by atoms with van der Waals surface area (Å²) >= 11 is 0. The summed E-state index contributed by atoms with van der Waals surface area (Å²) in [6, 6.07) is 1.51. The molecule has 0 spiro atoms. The Bertz CT molecular complexity index is 349. The first-order chi connectivity index (χ1) is 5.67. The van der Waals surface area contributed by atoms with Gasteiger partial charge in [0.25, 0.3) is 0 Å². The third kappa shape index (κ3) is 1.80. The fraction of sp³-hybridized carbons (Fsp3) is 0.714. The van der Waals surface area contributed by atoms with Crippen LogP contribution in [0.15, 0.2) is 0 Å². The van der Waals surface area contributed by atoms with Crippen molar-refractivity contribution >= 4 is 15.8 Å². The summed E-state index contributed by atoms with van der Waals surface area (Å²) in [4.78, 5) is 10.6. The fourth-order valence-corrected chi connectivity index (χ4v) is 1.90. The molecule has 1 unspecified atom stereocenters. The van der Waals surface area contributed by atoms with E-state index < -0.39 is 25.8 Å². The van der Waals surface area contributed by atoms with E-state index in [2.05, 4.69) is 0 Å². The first kappa shape index (κ1) is 11.9. The third-order valence-electron chi connectivity index (χ3n) is 1.87. The van der Waals surface area contributed by atoms with Crippen molar-refractivity contribution in [1.82, 2.24) is 0 Å². The van der Waals surface area contributed by atoms with Crippen LogP contribution in [-0.4, -0.2) is 29.5 Å². The van der Waals surface area contributed by atoms with Gasteiger partial charge in [-0.2, -0.15) is 5.26 Å². The highest BCUT2D eigenvalue weighted by Gasteiger charge is 2.45. The largest absolute Gasteiger partial charge is 0.480 e. The Balaban J connectivity index is 5.33. The van der Waals surface area contributed by atoms with Crippen LogP contribution in [0.4, 0.5) is 0 Å². The maximum atomic E-state index is 11.4. The lowest BCUT2D eigenvalue weighted by Gasteiger charge is -2.20. The lowest BCUT2D eigenvalue weighted by Crippen LogP contribution is -2.44. The van der Waals surface area contributed by atoms with E-state index in [1.807, 2.05) is 0 Å². The van der Waals surface area contributed by atoms with Gasteiger partial charge >= 0.3 is 5.97 Å². The quantitative estimate of drug-likeness (QED) is 0.708. The summed E-state index contributed by atoms with van der Waals surface area (Å²) in [6.45, 7) is 3.30. The molecule has 1 atom stereocenters. The average molecular weight is 205 g/mol. The van der Waals surface area contributed by atoms with Crippen molar-refractivity contribution in [2.45, 2.75) is 30.8 Å². The molecule has 0 aromatic heterocycles. The van der Waals surface area contributed by atoms with E-state index in [9.17, 15) is 13.2 Å². The number of rotatable bonds is 3. The maximum Gasteiger partial charge on any atom is 0.324 e. The summed E-state index contributed by atoms with van der Waals surface area (Å²) in [5.41, 5.74) is 0. The highest BCUT2D eigenvalue weighted by Crippen LogP contribution is 2.21. The highest BCUT2D eigenvalue weighted by molar-refractivity contribution is 7.94. The Kier molecular flexibility index (Phi) is 3.06. The van der Waals surface area contributed by atoms with Crippen molar-refractivity contribution in [1.29, 1.82) is 5.26 Å². The Morgan fingerprint density at radius 1 is 1.54 bits per heavy atom. The van der Waals surface area contributed by atoms with E-state index in [1.54, 1.807) is 0 Å². The minimum absolute atomic E-state index is 1.07. The molecule has 5 nitrogen and oxygen atoms in total. The number of nitriles is 1. The lowest BCUT2D eigenvalue weighted by molar-refractivity contribution is -0.139. The van der Waals surface area contributed by atoms with Gasteiger partial charge in [0.2, 0.25) is 0 Å². The Hall–Kier alpha value is -1.09. The standard InChI is InChI=1S/C7H11NO4S/c1-5(4-8)13(11,12)7(2,3)6(9)10/h5H,1-3H3,(H,9,10). The van der Waals surface area contributed by atoms with Crippen LogP contribution in [0.3, 0.4) is 0 Å². The van der Waals surface area contributed by atoms with E-state index in [0.29, 0.717) is 0 Å². The normalized spacial score (nSPS) is 14.6. The number of hydrogen-bond acceptors (Lipinski definition) is 4. The van der Waals surface area contributed by atoms with Gasteiger partial charge in [-0.05, 0) is 20.8 Å². The zero-order valence-electron chi connectivity index (χ0n) is 7.60. The molecule has 1 N–H and O–H groups in total. The van der Waals surface area contributed by atoms with Crippen LogP contribution in [-0.2, 0) is 14.6 Å². The molecule has 0 bridgehead atoms. The number of nitrogens with zero attached hydrogens (tertiary/aromatic N) is 1. The first-order valence-electron chi connectivity index (χ1n) is 3.54. The molecule has 13 heavy (non-hydrogen) atoms. The summed E-state index contributed by atoms with van der Waals surface area (Å²) in [5, 5.41) is 15.7. The van der Waals surface area contributed by atoms with Gasteiger partial charge in [-0.1, -0.05) is 0 Å².